The summed E-state index contributed by atoms with van der Waals surface area (Å²) in [6, 6.07) is 9.78. The zero-order chi connectivity index (χ0) is 19.5. The maximum Gasteiger partial charge on any atom is 0.248 e. The average molecular weight is 378 g/mol. The van der Waals surface area contributed by atoms with Crippen molar-refractivity contribution in [1.82, 2.24) is 0 Å². The lowest BCUT2D eigenvalue weighted by atomic mass is 10.1. The zero-order valence-corrected chi connectivity index (χ0v) is 16.1. The molecule has 2 aromatic carbocycles. The summed E-state index contributed by atoms with van der Waals surface area (Å²) in [6.45, 7) is 5.54. The van der Waals surface area contributed by atoms with Crippen LogP contribution in [-0.2, 0) is 14.8 Å². The highest BCUT2D eigenvalue weighted by molar-refractivity contribution is 7.92. The van der Waals surface area contributed by atoms with E-state index < -0.39 is 27.8 Å². The molecule has 0 aromatic heterocycles. The lowest BCUT2D eigenvalue weighted by Gasteiger charge is -2.30. The van der Waals surface area contributed by atoms with Gasteiger partial charge in [0.25, 0.3) is 0 Å². The van der Waals surface area contributed by atoms with Crippen molar-refractivity contribution in [1.29, 1.82) is 0 Å². The molecule has 0 fully saturated rings. The molecule has 1 amide bonds. The van der Waals surface area contributed by atoms with E-state index in [9.17, 15) is 17.6 Å². The number of hydrogen-bond acceptors (Lipinski definition) is 3. The summed E-state index contributed by atoms with van der Waals surface area (Å²) in [7, 11) is -3.71. The van der Waals surface area contributed by atoms with Crippen molar-refractivity contribution in [3.05, 3.63) is 59.4 Å². The van der Waals surface area contributed by atoms with Crippen molar-refractivity contribution in [2.24, 2.45) is 0 Å². The monoisotopic (exact) mass is 378 g/mol. The van der Waals surface area contributed by atoms with Gasteiger partial charge in [-0.15, -0.1) is 0 Å². The van der Waals surface area contributed by atoms with Gasteiger partial charge >= 0.3 is 0 Å². The number of carbonyl (C=O) groups excluding carboxylic acids is 1. The van der Waals surface area contributed by atoms with E-state index in [0.29, 0.717) is 5.69 Å². The molecule has 2 aromatic rings. The van der Waals surface area contributed by atoms with E-state index in [4.69, 9.17) is 0 Å². The first-order chi connectivity index (χ1) is 12.1. The summed E-state index contributed by atoms with van der Waals surface area (Å²) in [5.74, 6) is -0.994. The van der Waals surface area contributed by atoms with Gasteiger partial charge in [-0.05, 0) is 61.7 Å². The maximum atomic E-state index is 13.3. The minimum Gasteiger partial charge on any atom is -0.324 e. The van der Waals surface area contributed by atoms with Crippen LogP contribution in [0.4, 0.5) is 15.8 Å². The normalized spacial score (nSPS) is 12.5. The minimum atomic E-state index is -3.71. The SMILES string of the molecule is CC[C@H](C(=O)Nc1cccc(F)c1)N(c1ccc(C)c(C)c1)S(C)(=O)=O. The van der Waals surface area contributed by atoms with Crippen LogP contribution in [0.3, 0.4) is 0 Å². The van der Waals surface area contributed by atoms with Crippen molar-refractivity contribution in [2.45, 2.75) is 33.2 Å². The van der Waals surface area contributed by atoms with Gasteiger partial charge in [0.1, 0.15) is 11.9 Å². The van der Waals surface area contributed by atoms with E-state index >= 15 is 0 Å². The van der Waals surface area contributed by atoms with Crippen LogP contribution in [0.1, 0.15) is 24.5 Å². The predicted octanol–water partition coefficient (Wildman–Crippen LogP) is 3.63. The third-order valence-electron chi connectivity index (χ3n) is 4.17. The van der Waals surface area contributed by atoms with E-state index in [1.54, 1.807) is 25.1 Å². The second-order valence-electron chi connectivity index (χ2n) is 6.25. The van der Waals surface area contributed by atoms with Gasteiger partial charge in [-0.3, -0.25) is 9.10 Å². The van der Waals surface area contributed by atoms with Crippen LogP contribution < -0.4 is 9.62 Å². The molecule has 0 aliphatic carbocycles. The number of hydrogen-bond donors (Lipinski definition) is 1. The van der Waals surface area contributed by atoms with Crippen LogP contribution in [0.25, 0.3) is 0 Å². The molecule has 0 heterocycles. The molecule has 5 nitrogen and oxygen atoms in total. The summed E-state index contributed by atoms with van der Waals surface area (Å²) >= 11 is 0. The van der Waals surface area contributed by atoms with E-state index in [1.807, 2.05) is 19.9 Å². The molecule has 7 heteroatoms. The number of sulfonamides is 1. The molecule has 0 bridgehead atoms. The fourth-order valence-electron chi connectivity index (χ4n) is 2.71. The zero-order valence-electron chi connectivity index (χ0n) is 15.3. The van der Waals surface area contributed by atoms with E-state index in [1.165, 1.54) is 18.2 Å². The molecule has 1 atom stereocenters. The van der Waals surface area contributed by atoms with Crippen LogP contribution in [0.2, 0.25) is 0 Å². The Morgan fingerprint density at radius 3 is 2.38 bits per heavy atom. The Kier molecular flexibility index (Phi) is 6.02. The first-order valence-corrected chi connectivity index (χ1v) is 10.1. The number of benzene rings is 2. The van der Waals surface area contributed by atoms with Crippen LogP contribution >= 0.6 is 0 Å². The first-order valence-electron chi connectivity index (χ1n) is 8.26. The quantitative estimate of drug-likeness (QED) is 0.835. The smallest absolute Gasteiger partial charge is 0.248 e. The average Bonchev–Trinajstić information content (AvgIpc) is 2.54. The number of carbonyl (C=O) groups is 1. The van der Waals surface area contributed by atoms with Crippen LogP contribution in [0.5, 0.6) is 0 Å². The fourth-order valence-corrected chi connectivity index (χ4v) is 3.92. The fraction of sp³-hybridized carbons (Fsp3) is 0.316. The van der Waals surface area contributed by atoms with Crippen LogP contribution in [-0.4, -0.2) is 26.6 Å². The molecule has 0 spiro atoms. The van der Waals surface area contributed by atoms with Crippen molar-refractivity contribution >= 4 is 27.3 Å². The number of nitrogens with one attached hydrogen (secondary N) is 1. The van der Waals surface area contributed by atoms with Gasteiger partial charge in [-0.25, -0.2) is 12.8 Å². The van der Waals surface area contributed by atoms with Crippen molar-refractivity contribution in [3.63, 3.8) is 0 Å². The Bertz CT molecular complexity index is 913. The number of nitrogens with zero attached hydrogens (tertiary/aromatic N) is 1. The van der Waals surface area contributed by atoms with E-state index in [-0.39, 0.29) is 12.1 Å². The van der Waals surface area contributed by atoms with Gasteiger partial charge in [-0.1, -0.05) is 19.1 Å². The number of halogens is 1. The lowest BCUT2D eigenvalue weighted by molar-refractivity contribution is -0.117. The Balaban J connectivity index is 2.40. The van der Waals surface area contributed by atoms with Crippen molar-refractivity contribution < 1.29 is 17.6 Å². The van der Waals surface area contributed by atoms with E-state index in [2.05, 4.69) is 5.32 Å². The molecule has 0 aliphatic heterocycles. The standard InChI is InChI=1S/C19H23FN2O3S/c1-5-18(19(23)21-16-8-6-7-15(20)12-16)22(26(4,24)25)17-10-9-13(2)14(3)11-17/h6-12,18H,5H2,1-4H3,(H,21,23)/t18-/m1/s1. The number of rotatable bonds is 6. The molecule has 0 unspecified atom stereocenters. The second-order valence-corrected chi connectivity index (χ2v) is 8.11. The molecule has 26 heavy (non-hydrogen) atoms. The molecule has 0 aliphatic rings. The number of anilines is 2. The molecule has 0 saturated heterocycles. The molecule has 0 radical (unpaired) electrons. The van der Waals surface area contributed by atoms with Crippen LogP contribution in [0.15, 0.2) is 42.5 Å². The van der Waals surface area contributed by atoms with Crippen LogP contribution in [0, 0.1) is 19.7 Å². The highest BCUT2D eigenvalue weighted by Crippen LogP contribution is 2.25. The summed E-state index contributed by atoms with van der Waals surface area (Å²) in [6.07, 6.45) is 1.33. The predicted molar refractivity (Wildman–Crippen MR) is 102 cm³/mol. The minimum absolute atomic E-state index is 0.265. The van der Waals surface area contributed by atoms with Gasteiger partial charge < -0.3 is 5.32 Å². The molecular formula is C19H23FN2O3S. The summed E-state index contributed by atoms with van der Waals surface area (Å²) in [5, 5.41) is 2.60. The third-order valence-corrected chi connectivity index (χ3v) is 5.35. The van der Waals surface area contributed by atoms with Gasteiger partial charge in [0.05, 0.1) is 11.9 Å². The number of amides is 1. The van der Waals surface area contributed by atoms with Crippen molar-refractivity contribution in [3.8, 4) is 0 Å². The Hall–Kier alpha value is -2.41. The largest absolute Gasteiger partial charge is 0.324 e. The molecule has 1 N–H and O–H groups in total. The Labute approximate surface area is 153 Å². The summed E-state index contributed by atoms with van der Waals surface area (Å²) in [4.78, 5) is 12.7. The first kappa shape index (κ1) is 19.9. The van der Waals surface area contributed by atoms with Crippen molar-refractivity contribution in [2.75, 3.05) is 15.9 Å². The second kappa shape index (κ2) is 7.86. The number of aryl methyl sites for hydroxylation is 2. The van der Waals surface area contributed by atoms with Gasteiger partial charge in [0.2, 0.25) is 15.9 Å². The van der Waals surface area contributed by atoms with Gasteiger partial charge in [0, 0.05) is 5.69 Å². The molecule has 2 rings (SSSR count). The highest BCUT2D eigenvalue weighted by Gasteiger charge is 2.31. The third kappa shape index (κ3) is 4.60. The topological polar surface area (TPSA) is 66.5 Å². The Morgan fingerprint density at radius 2 is 1.85 bits per heavy atom. The molecule has 0 saturated carbocycles. The summed E-state index contributed by atoms with van der Waals surface area (Å²) in [5.41, 5.74) is 2.66. The molecular weight excluding hydrogens is 355 g/mol. The summed E-state index contributed by atoms with van der Waals surface area (Å²) < 4.78 is 39.3. The van der Waals surface area contributed by atoms with Gasteiger partial charge in [-0.2, -0.15) is 0 Å². The molecule has 140 valence electrons. The van der Waals surface area contributed by atoms with E-state index in [0.717, 1.165) is 21.7 Å². The Morgan fingerprint density at radius 1 is 1.15 bits per heavy atom. The van der Waals surface area contributed by atoms with Gasteiger partial charge in [0.15, 0.2) is 0 Å². The highest BCUT2D eigenvalue weighted by atomic mass is 32.2. The maximum absolute atomic E-state index is 13.3. The lowest BCUT2D eigenvalue weighted by Crippen LogP contribution is -2.47.